The third kappa shape index (κ3) is 3.27. The molecule has 0 aliphatic carbocycles. The fourth-order valence-electron chi connectivity index (χ4n) is 2.25. The molecule has 0 heterocycles. The molecule has 0 aliphatic rings. The highest BCUT2D eigenvalue weighted by Crippen LogP contribution is 2.29. The Morgan fingerprint density at radius 2 is 1.86 bits per heavy atom. The molecule has 0 aliphatic heterocycles. The number of carbonyl (C=O) groups is 1. The lowest BCUT2D eigenvalue weighted by Crippen LogP contribution is -2.15. The van der Waals surface area contributed by atoms with Gasteiger partial charge >= 0.3 is 0 Å². The first-order valence-electron chi connectivity index (χ1n) is 6.86. The molecular weight excluding hydrogens is 328 g/mol. The van der Waals surface area contributed by atoms with Gasteiger partial charge in [0.1, 0.15) is 0 Å². The molecule has 0 spiro atoms. The number of para-hydroxylation sites is 1. The van der Waals surface area contributed by atoms with Crippen LogP contribution in [0.5, 0.6) is 0 Å². The van der Waals surface area contributed by atoms with E-state index in [2.05, 4.69) is 35.1 Å². The predicted molar refractivity (Wildman–Crippen MR) is 91.8 cm³/mol. The number of nitrogens with two attached hydrogens (primary N) is 1. The van der Waals surface area contributed by atoms with Crippen molar-refractivity contribution in [3.8, 4) is 0 Å². The summed E-state index contributed by atoms with van der Waals surface area (Å²) in [6.45, 7) is 6.22. The van der Waals surface area contributed by atoms with Crippen molar-refractivity contribution in [2.45, 2.75) is 26.7 Å². The van der Waals surface area contributed by atoms with Crippen LogP contribution in [0.2, 0.25) is 0 Å². The summed E-state index contributed by atoms with van der Waals surface area (Å²) in [4.78, 5) is 12.5. The molecule has 3 N–H and O–H groups in total. The Labute approximate surface area is 133 Å². The van der Waals surface area contributed by atoms with Crippen LogP contribution in [0, 0.1) is 6.92 Å². The van der Waals surface area contributed by atoms with Crippen molar-refractivity contribution in [1.82, 2.24) is 0 Å². The third-order valence-electron chi connectivity index (χ3n) is 3.44. The molecule has 0 atom stereocenters. The van der Waals surface area contributed by atoms with Crippen LogP contribution >= 0.6 is 15.9 Å². The van der Waals surface area contributed by atoms with Gasteiger partial charge in [0.05, 0.1) is 10.0 Å². The molecule has 2 rings (SSSR count). The van der Waals surface area contributed by atoms with Crippen LogP contribution in [0.25, 0.3) is 0 Å². The molecule has 0 unspecified atom stereocenters. The lowest BCUT2D eigenvalue weighted by molar-refractivity contribution is 0.102. The molecule has 3 nitrogen and oxygen atoms in total. The first-order valence-corrected chi connectivity index (χ1v) is 7.66. The van der Waals surface area contributed by atoms with Gasteiger partial charge < -0.3 is 11.1 Å². The number of nitrogen functional groups attached to an aromatic ring is 1. The second-order valence-electron chi connectivity index (χ2n) is 5.36. The molecule has 0 saturated carbocycles. The quantitative estimate of drug-likeness (QED) is 0.790. The van der Waals surface area contributed by atoms with Crippen LogP contribution in [-0.4, -0.2) is 5.91 Å². The van der Waals surface area contributed by atoms with E-state index < -0.39 is 0 Å². The Balaban J connectivity index is 2.39. The van der Waals surface area contributed by atoms with Crippen LogP contribution in [0.4, 0.5) is 11.4 Å². The maximum atomic E-state index is 12.5. The van der Waals surface area contributed by atoms with Gasteiger partial charge in [0.25, 0.3) is 5.91 Å². The van der Waals surface area contributed by atoms with E-state index in [1.807, 2.05) is 25.1 Å². The minimum Gasteiger partial charge on any atom is -0.398 e. The van der Waals surface area contributed by atoms with Crippen LogP contribution in [0.3, 0.4) is 0 Å². The molecule has 0 saturated heterocycles. The van der Waals surface area contributed by atoms with E-state index in [-0.39, 0.29) is 5.91 Å². The van der Waals surface area contributed by atoms with Gasteiger partial charge in [-0.3, -0.25) is 4.79 Å². The Morgan fingerprint density at radius 3 is 2.52 bits per heavy atom. The fraction of sp³-hybridized carbons (Fsp3) is 0.235. The second-order valence-corrected chi connectivity index (χ2v) is 6.15. The van der Waals surface area contributed by atoms with Crippen LogP contribution in [0.1, 0.15) is 41.3 Å². The van der Waals surface area contributed by atoms with Crippen LogP contribution < -0.4 is 11.1 Å². The van der Waals surface area contributed by atoms with Gasteiger partial charge in [-0.25, -0.2) is 0 Å². The Bertz CT molecular complexity index is 680. The monoisotopic (exact) mass is 346 g/mol. The highest BCUT2D eigenvalue weighted by atomic mass is 79.9. The summed E-state index contributed by atoms with van der Waals surface area (Å²) in [6.07, 6.45) is 0. The van der Waals surface area contributed by atoms with Gasteiger partial charge in [-0.15, -0.1) is 0 Å². The summed E-state index contributed by atoms with van der Waals surface area (Å²) in [6, 6.07) is 11.3. The van der Waals surface area contributed by atoms with Gasteiger partial charge in [0.2, 0.25) is 0 Å². The van der Waals surface area contributed by atoms with E-state index in [0.717, 1.165) is 16.8 Å². The summed E-state index contributed by atoms with van der Waals surface area (Å²) in [5, 5.41) is 3.02. The standard InChI is InChI=1S/C17H19BrN2O/c1-10(2)12-7-4-6-11(3)16(12)20-17(21)13-8-5-9-14(19)15(13)18/h4-10H,19H2,1-3H3,(H,20,21). The zero-order valence-corrected chi connectivity index (χ0v) is 14.0. The van der Waals surface area contributed by atoms with Crippen LogP contribution in [0.15, 0.2) is 40.9 Å². The van der Waals surface area contributed by atoms with Gasteiger partial charge in [-0.05, 0) is 52.0 Å². The SMILES string of the molecule is Cc1cccc(C(C)C)c1NC(=O)c1cccc(N)c1Br. The van der Waals surface area contributed by atoms with Crippen molar-refractivity contribution < 1.29 is 4.79 Å². The van der Waals surface area contributed by atoms with E-state index in [4.69, 9.17) is 5.73 Å². The van der Waals surface area contributed by atoms with Crippen LogP contribution in [-0.2, 0) is 0 Å². The highest BCUT2D eigenvalue weighted by molar-refractivity contribution is 9.10. The molecule has 110 valence electrons. The molecule has 0 bridgehead atoms. The summed E-state index contributed by atoms with van der Waals surface area (Å²) >= 11 is 3.37. The zero-order valence-electron chi connectivity index (χ0n) is 12.4. The number of anilines is 2. The van der Waals surface area contributed by atoms with E-state index in [1.165, 1.54) is 0 Å². The first-order chi connectivity index (χ1) is 9.91. The molecule has 4 heteroatoms. The average molecular weight is 347 g/mol. The average Bonchev–Trinajstić information content (AvgIpc) is 2.43. The maximum Gasteiger partial charge on any atom is 0.256 e. The number of halogens is 1. The number of hydrogen-bond acceptors (Lipinski definition) is 2. The van der Waals surface area contributed by atoms with Gasteiger partial charge in [0, 0.05) is 11.4 Å². The van der Waals surface area contributed by atoms with E-state index in [1.54, 1.807) is 18.2 Å². The van der Waals surface area contributed by atoms with Crippen molar-refractivity contribution in [3.63, 3.8) is 0 Å². The summed E-state index contributed by atoms with van der Waals surface area (Å²) in [5.41, 5.74) is 9.98. The third-order valence-corrected chi connectivity index (χ3v) is 4.32. The predicted octanol–water partition coefficient (Wildman–Crippen LogP) is 4.72. The minimum atomic E-state index is -0.162. The molecule has 0 fully saturated rings. The smallest absolute Gasteiger partial charge is 0.256 e. The lowest BCUT2D eigenvalue weighted by atomic mass is 9.98. The normalized spacial score (nSPS) is 10.7. The Hall–Kier alpha value is -1.81. The number of benzene rings is 2. The van der Waals surface area contributed by atoms with Gasteiger partial charge in [0.15, 0.2) is 0 Å². The van der Waals surface area contributed by atoms with Gasteiger partial charge in [-0.2, -0.15) is 0 Å². The Morgan fingerprint density at radius 1 is 1.19 bits per heavy atom. The number of nitrogens with one attached hydrogen (secondary N) is 1. The zero-order chi connectivity index (χ0) is 15.6. The summed E-state index contributed by atoms with van der Waals surface area (Å²) in [5.74, 6) is 0.176. The topological polar surface area (TPSA) is 55.1 Å². The molecule has 1 amide bonds. The number of amides is 1. The fourth-order valence-corrected chi connectivity index (χ4v) is 2.69. The second kappa shape index (κ2) is 6.31. The largest absolute Gasteiger partial charge is 0.398 e. The van der Waals surface area contributed by atoms with E-state index >= 15 is 0 Å². The van der Waals surface area contributed by atoms with Crippen molar-refractivity contribution in [2.75, 3.05) is 11.1 Å². The van der Waals surface area contributed by atoms with Crippen molar-refractivity contribution in [3.05, 3.63) is 57.6 Å². The maximum absolute atomic E-state index is 12.5. The number of aryl methyl sites for hydroxylation is 1. The number of carbonyl (C=O) groups excluding carboxylic acids is 1. The minimum absolute atomic E-state index is 0.162. The molecule has 21 heavy (non-hydrogen) atoms. The van der Waals surface area contributed by atoms with Crippen molar-refractivity contribution in [2.24, 2.45) is 0 Å². The summed E-state index contributed by atoms with van der Waals surface area (Å²) < 4.78 is 0.627. The van der Waals surface area contributed by atoms with Crippen molar-refractivity contribution >= 4 is 33.2 Å². The molecule has 0 aromatic heterocycles. The van der Waals surface area contributed by atoms with Crippen molar-refractivity contribution in [1.29, 1.82) is 0 Å². The Kier molecular flexibility index (Phi) is 4.68. The molecule has 0 radical (unpaired) electrons. The summed E-state index contributed by atoms with van der Waals surface area (Å²) in [7, 11) is 0. The number of hydrogen-bond donors (Lipinski definition) is 2. The van der Waals surface area contributed by atoms with Gasteiger partial charge in [-0.1, -0.05) is 38.1 Å². The molecule has 2 aromatic rings. The number of rotatable bonds is 3. The van der Waals surface area contributed by atoms with E-state index in [9.17, 15) is 4.79 Å². The lowest BCUT2D eigenvalue weighted by Gasteiger charge is -2.17. The van der Waals surface area contributed by atoms with E-state index in [0.29, 0.717) is 21.6 Å². The highest BCUT2D eigenvalue weighted by Gasteiger charge is 2.16. The molecular formula is C17H19BrN2O. The molecule has 2 aromatic carbocycles. The first kappa shape index (κ1) is 15.6.